The summed E-state index contributed by atoms with van der Waals surface area (Å²) in [7, 11) is 0. The van der Waals surface area contributed by atoms with Crippen molar-refractivity contribution >= 4 is 11.9 Å². The van der Waals surface area contributed by atoms with Gasteiger partial charge in [0.25, 0.3) is 5.91 Å². The van der Waals surface area contributed by atoms with Gasteiger partial charge in [0.15, 0.2) is 0 Å². The quantitative estimate of drug-likeness (QED) is 0.919. The Bertz CT molecular complexity index is 654. The molecule has 2 fully saturated rings. The first-order chi connectivity index (χ1) is 11.6. The zero-order valence-corrected chi connectivity index (χ0v) is 13.6. The van der Waals surface area contributed by atoms with Crippen molar-refractivity contribution in [1.82, 2.24) is 4.90 Å². The summed E-state index contributed by atoms with van der Waals surface area (Å²) in [5.41, 5.74) is 0.252. The highest BCUT2D eigenvalue weighted by atomic mass is 16.4. The summed E-state index contributed by atoms with van der Waals surface area (Å²) in [4.78, 5) is 25.8. The number of likely N-dealkylation sites (tertiary alicyclic amines) is 1. The second-order valence-electron chi connectivity index (χ2n) is 6.86. The lowest BCUT2D eigenvalue weighted by Crippen LogP contribution is -2.51. The van der Waals surface area contributed by atoms with E-state index in [-0.39, 0.29) is 17.2 Å². The number of carbonyl (C=O) groups is 2. The van der Waals surface area contributed by atoms with Gasteiger partial charge in [-0.05, 0) is 24.7 Å². The third-order valence-corrected chi connectivity index (χ3v) is 5.44. The zero-order valence-electron chi connectivity index (χ0n) is 13.6. The second kappa shape index (κ2) is 7.08. The number of hydrogen-bond acceptors (Lipinski definition) is 4. The van der Waals surface area contributed by atoms with E-state index in [0.717, 1.165) is 6.42 Å². The molecule has 1 amide bonds. The van der Waals surface area contributed by atoms with Crippen LogP contribution in [-0.2, 0) is 4.79 Å². The number of carboxylic acid groups (broad SMARTS) is 1. The van der Waals surface area contributed by atoms with Crippen LogP contribution in [0.1, 0.15) is 61.1 Å². The molecule has 0 spiro atoms. The standard InChI is InChI=1S/C18H22N2O4/c19-9-15-8-14(11-24-15)17(21)20-10-13(6-7-16(20)18(22)23)12-4-2-1-3-5-12/h8,11-13,16H,1-7,10H2,(H,22,23)/t13-,16-/m0/s1. The first-order valence-corrected chi connectivity index (χ1v) is 8.62. The SMILES string of the molecule is N#Cc1cc(C(=O)N2C[C@@H](C3CCCCC3)CC[C@H]2C(=O)O)co1. The van der Waals surface area contributed by atoms with E-state index < -0.39 is 12.0 Å². The van der Waals surface area contributed by atoms with E-state index in [1.807, 2.05) is 6.07 Å². The zero-order chi connectivity index (χ0) is 17.1. The molecule has 1 aromatic heterocycles. The molecular formula is C18H22N2O4. The van der Waals surface area contributed by atoms with Gasteiger partial charge >= 0.3 is 5.97 Å². The van der Waals surface area contributed by atoms with Gasteiger partial charge in [-0.1, -0.05) is 32.1 Å². The van der Waals surface area contributed by atoms with Gasteiger partial charge in [-0.3, -0.25) is 4.79 Å². The van der Waals surface area contributed by atoms with Gasteiger partial charge in [0.2, 0.25) is 5.76 Å². The molecule has 1 saturated heterocycles. The van der Waals surface area contributed by atoms with Crippen LogP contribution in [0.3, 0.4) is 0 Å². The molecule has 3 rings (SSSR count). The van der Waals surface area contributed by atoms with Crippen LogP contribution < -0.4 is 0 Å². The molecule has 1 N–H and O–H groups in total. The number of nitriles is 1. The number of furan rings is 1. The Morgan fingerprint density at radius 2 is 1.92 bits per heavy atom. The van der Waals surface area contributed by atoms with Crippen molar-refractivity contribution in [1.29, 1.82) is 5.26 Å². The van der Waals surface area contributed by atoms with Crippen molar-refractivity contribution in [2.75, 3.05) is 6.54 Å². The average molecular weight is 330 g/mol. The highest BCUT2D eigenvalue weighted by Gasteiger charge is 2.39. The van der Waals surface area contributed by atoms with Gasteiger partial charge < -0.3 is 14.4 Å². The Hall–Kier alpha value is -2.29. The number of hydrogen-bond donors (Lipinski definition) is 1. The van der Waals surface area contributed by atoms with E-state index in [0.29, 0.717) is 24.8 Å². The third kappa shape index (κ3) is 3.30. The third-order valence-electron chi connectivity index (χ3n) is 5.44. The van der Waals surface area contributed by atoms with Crippen LogP contribution in [0.2, 0.25) is 0 Å². The number of aliphatic carboxylic acids is 1. The molecule has 0 unspecified atom stereocenters. The maximum absolute atomic E-state index is 12.8. The molecule has 1 aromatic rings. The number of rotatable bonds is 3. The predicted octanol–water partition coefficient (Wildman–Crippen LogP) is 3.04. The molecule has 0 bridgehead atoms. The molecule has 2 aliphatic rings. The van der Waals surface area contributed by atoms with Crippen molar-refractivity contribution in [2.24, 2.45) is 11.8 Å². The lowest BCUT2D eigenvalue weighted by atomic mass is 9.75. The van der Waals surface area contributed by atoms with E-state index in [1.165, 1.54) is 49.3 Å². The molecule has 128 valence electrons. The molecule has 1 aliphatic heterocycles. The highest BCUT2D eigenvalue weighted by molar-refractivity contribution is 5.96. The fourth-order valence-corrected chi connectivity index (χ4v) is 4.14. The summed E-state index contributed by atoms with van der Waals surface area (Å²) in [6.07, 6.45) is 8.67. The van der Waals surface area contributed by atoms with Crippen molar-refractivity contribution in [3.8, 4) is 6.07 Å². The van der Waals surface area contributed by atoms with Crippen molar-refractivity contribution in [3.63, 3.8) is 0 Å². The first kappa shape index (κ1) is 16.6. The first-order valence-electron chi connectivity index (χ1n) is 8.62. The summed E-state index contributed by atoms with van der Waals surface area (Å²) < 4.78 is 5.01. The van der Waals surface area contributed by atoms with Crippen LogP contribution in [0, 0.1) is 23.2 Å². The molecule has 0 aromatic carbocycles. The monoisotopic (exact) mass is 330 g/mol. The number of amides is 1. The maximum atomic E-state index is 12.8. The van der Waals surface area contributed by atoms with Crippen molar-refractivity contribution in [2.45, 2.75) is 51.0 Å². The van der Waals surface area contributed by atoms with E-state index in [9.17, 15) is 14.7 Å². The van der Waals surface area contributed by atoms with E-state index in [1.54, 1.807) is 0 Å². The summed E-state index contributed by atoms with van der Waals surface area (Å²) in [6.45, 7) is 0.480. The Labute approximate surface area is 141 Å². The van der Waals surface area contributed by atoms with E-state index in [4.69, 9.17) is 9.68 Å². The molecule has 1 saturated carbocycles. The van der Waals surface area contributed by atoms with Crippen LogP contribution in [0.5, 0.6) is 0 Å². The topological polar surface area (TPSA) is 94.5 Å². The number of carboxylic acids is 1. The molecule has 2 atom stereocenters. The predicted molar refractivity (Wildman–Crippen MR) is 85.2 cm³/mol. The minimum atomic E-state index is -0.963. The molecule has 2 heterocycles. The highest BCUT2D eigenvalue weighted by Crippen LogP contribution is 2.36. The summed E-state index contributed by atoms with van der Waals surface area (Å²) in [6, 6.07) is 2.43. The Morgan fingerprint density at radius 1 is 1.17 bits per heavy atom. The summed E-state index contributed by atoms with van der Waals surface area (Å²) >= 11 is 0. The maximum Gasteiger partial charge on any atom is 0.326 e. The summed E-state index contributed by atoms with van der Waals surface area (Å²) in [5.74, 6) is -0.302. The minimum absolute atomic E-state index is 0.0612. The largest absolute Gasteiger partial charge is 0.480 e. The average Bonchev–Trinajstić information content (AvgIpc) is 3.10. The van der Waals surface area contributed by atoms with Gasteiger partial charge in [-0.15, -0.1) is 0 Å². The van der Waals surface area contributed by atoms with Crippen LogP contribution in [-0.4, -0.2) is 34.5 Å². The number of nitrogens with zero attached hydrogens (tertiary/aromatic N) is 2. The number of carbonyl (C=O) groups excluding carboxylic acids is 1. The lowest BCUT2D eigenvalue weighted by molar-refractivity contribution is -0.144. The minimum Gasteiger partial charge on any atom is -0.480 e. The Kier molecular flexibility index (Phi) is 4.89. The van der Waals surface area contributed by atoms with Crippen LogP contribution in [0.4, 0.5) is 0 Å². The smallest absolute Gasteiger partial charge is 0.326 e. The molecule has 24 heavy (non-hydrogen) atoms. The van der Waals surface area contributed by atoms with Gasteiger partial charge in [-0.2, -0.15) is 5.26 Å². The van der Waals surface area contributed by atoms with Gasteiger partial charge in [-0.25, -0.2) is 4.79 Å². The fourth-order valence-electron chi connectivity index (χ4n) is 4.14. The van der Waals surface area contributed by atoms with Gasteiger partial charge in [0.05, 0.1) is 5.56 Å². The lowest BCUT2D eigenvalue weighted by Gasteiger charge is -2.41. The second-order valence-corrected chi connectivity index (χ2v) is 6.86. The van der Waals surface area contributed by atoms with Crippen LogP contribution >= 0.6 is 0 Å². The van der Waals surface area contributed by atoms with E-state index >= 15 is 0 Å². The number of piperidine rings is 1. The fraction of sp³-hybridized carbons (Fsp3) is 0.611. The Balaban J connectivity index is 1.78. The van der Waals surface area contributed by atoms with Gasteiger partial charge in [0.1, 0.15) is 18.4 Å². The molecule has 0 radical (unpaired) electrons. The Morgan fingerprint density at radius 3 is 2.54 bits per heavy atom. The normalized spacial score (nSPS) is 25.2. The van der Waals surface area contributed by atoms with Gasteiger partial charge in [0, 0.05) is 12.6 Å². The molecule has 6 nitrogen and oxygen atoms in total. The van der Waals surface area contributed by atoms with Crippen molar-refractivity contribution < 1.29 is 19.1 Å². The molecular weight excluding hydrogens is 308 g/mol. The molecule has 1 aliphatic carbocycles. The van der Waals surface area contributed by atoms with Crippen molar-refractivity contribution in [3.05, 3.63) is 23.7 Å². The molecule has 6 heteroatoms. The van der Waals surface area contributed by atoms with Crippen LogP contribution in [0.15, 0.2) is 16.7 Å². The van der Waals surface area contributed by atoms with Crippen LogP contribution in [0.25, 0.3) is 0 Å². The summed E-state index contributed by atoms with van der Waals surface area (Å²) in [5, 5.41) is 18.3. The van der Waals surface area contributed by atoms with E-state index in [2.05, 4.69) is 0 Å².